The van der Waals surface area contributed by atoms with E-state index in [0.717, 1.165) is 18.6 Å². The van der Waals surface area contributed by atoms with Crippen LogP contribution < -0.4 is 14.8 Å². The number of benzene rings is 2. The highest BCUT2D eigenvalue weighted by atomic mass is 35.5. The summed E-state index contributed by atoms with van der Waals surface area (Å²) in [6, 6.07) is 13.4. The molecule has 0 aromatic heterocycles. The Kier molecular flexibility index (Phi) is 6.93. The lowest BCUT2D eigenvalue weighted by Crippen LogP contribution is -2.28. The van der Waals surface area contributed by atoms with Crippen LogP contribution in [0.3, 0.4) is 0 Å². The lowest BCUT2D eigenvalue weighted by Gasteiger charge is -2.13. The van der Waals surface area contributed by atoms with E-state index in [4.69, 9.17) is 16.3 Å². The smallest absolute Gasteiger partial charge is 0.242 e. The molecule has 2 aromatic rings. The summed E-state index contributed by atoms with van der Waals surface area (Å²) in [5, 5.41) is 2.88. The van der Waals surface area contributed by atoms with Gasteiger partial charge in [-0.3, -0.25) is 4.79 Å². The first-order valence-electron chi connectivity index (χ1n) is 9.25. The Bertz CT molecular complexity index is 910. The molecule has 1 aliphatic carbocycles. The van der Waals surface area contributed by atoms with Crippen molar-refractivity contribution in [1.82, 2.24) is 4.72 Å². The van der Waals surface area contributed by atoms with Crippen LogP contribution >= 0.6 is 11.6 Å². The van der Waals surface area contributed by atoms with E-state index >= 15 is 0 Å². The number of hydrogen-bond acceptors (Lipinski definition) is 4. The van der Waals surface area contributed by atoms with E-state index in [1.807, 2.05) is 12.1 Å². The average Bonchev–Trinajstić information content (AvgIpc) is 3.16. The molecule has 28 heavy (non-hydrogen) atoms. The molecule has 3 rings (SSSR count). The molecule has 0 radical (unpaired) electrons. The third kappa shape index (κ3) is 5.70. The largest absolute Gasteiger partial charge is 0.490 e. The monoisotopic (exact) mass is 422 g/mol. The molecule has 1 fully saturated rings. The molecule has 2 N–H and O–H groups in total. The summed E-state index contributed by atoms with van der Waals surface area (Å²) in [5.41, 5.74) is 0.637. The quantitative estimate of drug-likeness (QED) is 0.674. The molecule has 0 heterocycles. The second kappa shape index (κ2) is 9.41. The van der Waals surface area contributed by atoms with Gasteiger partial charge in [0.15, 0.2) is 0 Å². The van der Waals surface area contributed by atoms with Gasteiger partial charge in [-0.05, 0) is 62.1 Å². The van der Waals surface area contributed by atoms with Gasteiger partial charge < -0.3 is 10.1 Å². The molecule has 2 aromatic carbocycles. The molecule has 6 nitrogen and oxygen atoms in total. The van der Waals surface area contributed by atoms with Crippen LogP contribution in [-0.4, -0.2) is 27.0 Å². The fourth-order valence-corrected chi connectivity index (χ4v) is 4.63. The number of halogens is 1. The summed E-state index contributed by atoms with van der Waals surface area (Å²) in [7, 11) is -3.76. The summed E-state index contributed by atoms with van der Waals surface area (Å²) in [5.74, 6) is 0.503. The van der Waals surface area contributed by atoms with Crippen LogP contribution in [0.5, 0.6) is 5.75 Å². The molecule has 150 valence electrons. The van der Waals surface area contributed by atoms with Crippen molar-refractivity contribution in [3.8, 4) is 5.75 Å². The second-order valence-corrected chi connectivity index (χ2v) is 8.82. The summed E-state index contributed by atoms with van der Waals surface area (Å²) in [6.07, 6.45) is 4.87. The van der Waals surface area contributed by atoms with Crippen LogP contribution in [0.4, 0.5) is 5.69 Å². The van der Waals surface area contributed by atoms with E-state index in [-0.39, 0.29) is 34.9 Å². The number of hydrogen-bond donors (Lipinski definition) is 2. The predicted molar refractivity (Wildman–Crippen MR) is 109 cm³/mol. The first-order valence-corrected chi connectivity index (χ1v) is 11.1. The minimum Gasteiger partial charge on any atom is -0.490 e. The van der Waals surface area contributed by atoms with Crippen molar-refractivity contribution >= 4 is 33.2 Å². The molecule has 0 saturated heterocycles. The average molecular weight is 423 g/mol. The molecule has 8 heteroatoms. The standard InChI is InChI=1S/C20H23ClN2O4S/c21-18-7-3-4-8-19(18)28(25,26)22-14-13-20(24)23-15-9-11-17(12-10-15)27-16-5-1-2-6-16/h3-4,7-12,16,22H,1-2,5-6,13-14H2,(H,23,24). The van der Waals surface area contributed by atoms with Crippen molar-refractivity contribution in [2.75, 3.05) is 11.9 Å². The summed E-state index contributed by atoms with van der Waals surface area (Å²) in [6.45, 7) is -0.0255. The van der Waals surface area contributed by atoms with Gasteiger partial charge in [0.1, 0.15) is 10.6 Å². The van der Waals surface area contributed by atoms with Crippen LogP contribution in [0.2, 0.25) is 5.02 Å². The van der Waals surface area contributed by atoms with E-state index in [9.17, 15) is 13.2 Å². The Morgan fingerprint density at radius 2 is 1.75 bits per heavy atom. The summed E-state index contributed by atoms with van der Waals surface area (Å²) in [4.78, 5) is 12.1. The topological polar surface area (TPSA) is 84.5 Å². The van der Waals surface area contributed by atoms with Gasteiger partial charge >= 0.3 is 0 Å². The van der Waals surface area contributed by atoms with E-state index in [1.165, 1.54) is 25.0 Å². The third-order valence-electron chi connectivity index (χ3n) is 4.51. The van der Waals surface area contributed by atoms with E-state index < -0.39 is 10.0 Å². The summed E-state index contributed by atoms with van der Waals surface area (Å²) < 4.78 is 32.7. The number of ether oxygens (including phenoxy) is 1. The number of sulfonamides is 1. The molecule has 1 aliphatic rings. The molecule has 1 saturated carbocycles. The minimum atomic E-state index is -3.76. The zero-order valence-electron chi connectivity index (χ0n) is 15.4. The van der Waals surface area contributed by atoms with E-state index in [0.29, 0.717) is 5.69 Å². The van der Waals surface area contributed by atoms with Crippen LogP contribution in [0.15, 0.2) is 53.4 Å². The van der Waals surface area contributed by atoms with Crippen LogP contribution in [0, 0.1) is 0 Å². The van der Waals surface area contributed by atoms with Crippen molar-refractivity contribution in [3.63, 3.8) is 0 Å². The number of nitrogens with one attached hydrogen (secondary N) is 2. The van der Waals surface area contributed by atoms with Gasteiger partial charge in [0.2, 0.25) is 15.9 Å². The van der Waals surface area contributed by atoms with Gasteiger partial charge in [0.05, 0.1) is 11.1 Å². The Morgan fingerprint density at radius 3 is 2.43 bits per heavy atom. The van der Waals surface area contributed by atoms with Crippen molar-refractivity contribution in [3.05, 3.63) is 53.6 Å². The van der Waals surface area contributed by atoms with Gasteiger partial charge in [-0.2, -0.15) is 0 Å². The molecule has 0 atom stereocenters. The van der Waals surface area contributed by atoms with Crippen LogP contribution in [-0.2, 0) is 14.8 Å². The number of rotatable bonds is 8. The predicted octanol–water partition coefficient (Wildman–Crippen LogP) is 3.97. The van der Waals surface area contributed by atoms with Gasteiger partial charge in [-0.1, -0.05) is 23.7 Å². The molecule has 0 spiro atoms. The molecule has 0 unspecified atom stereocenters. The first kappa shape index (κ1) is 20.6. The normalized spacial score (nSPS) is 14.8. The van der Waals surface area contributed by atoms with Gasteiger partial charge in [0, 0.05) is 18.7 Å². The second-order valence-electron chi connectivity index (χ2n) is 6.68. The molecule has 0 bridgehead atoms. The maximum Gasteiger partial charge on any atom is 0.242 e. The Hall–Kier alpha value is -2.09. The van der Waals surface area contributed by atoms with Gasteiger partial charge in [-0.25, -0.2) is 13.1 Å². The zero-order valence-corrected chi connectivity index (χ0v) is 16.9. The number of anilines is 1. The first-order chi connectivity index (χ1) is 13.4. The number of carbonyl (C=O) groups is 1. The Balaban J connectivity index is 1.46. The highest BCUT2D eigenvalue weighted by molar-refractivity contribution is 7.89. The lowest BCUT2D eigenvalue weighted by atomic mass is 10.2. The maximum atomic E-state index is 12.2. The van der Waals surface area contributed by atoms with Crippen LogP contribution in [0.1, 0.15) is 32.1 Å². The van der Waals surface area contributed by atoms with Crippen molar-refractivity contribution in [2.45, 2.75) is 43.1 Å². The Morgan fingerprint density at radius 1 is 1.07 bits per heavy atom. The SMILES string of the molecule is O=C(CCNS(=O)(=O)c1ccccc1Cl)Nc1ccc(OC2CCCC2)cc1. The highest BCUT2D eigenvalue weighted by Gasteiger charge is 2.18. The maximum absolute atomic E-state index is 12.2. The van der Waals surface area contributed by atoms with Crippen molar-refractivity contribution in [2.24, 2.45) is 0 Å². The van der Waals surface area contributed by atoms with Crippen molar-refractivity contribution in [1.29, 1.82) is 0 Å². The van der Waals surface area contributed by atoms with E-state index in [2.05, 4.69) is 10.0 Å². The van der Waals surface area contributed by atoms with Gasteiger partial charge in [-0.15, -0.1) is 0 Å². The molecular weight excluding hydrogens is 400 g/mol. The Labute approximate surface area is 170 Å². The fourth-order valence-electron chi connectivity index (χ4n) is 3.08. The summed E-state index contributed by atoms with van der Waals surface area (Å²) >= 11 is 5.92. The van der Waals surface area contributed by atoms with E-state index in [1.54, 1.807) is 24.3 Å². The molecule has 0 aliphatic heterocycles. The number of amides is 1. The fraction of sp³-hybridized carbons (Fsp3) is 0.350. The third-order valence-corrected chi connectivity index (χ3v) is 6.47. The van der Waals surface area contributed by atoms with Crippen LogP contribution in [0.25, 0.3) is 0 Å². The van der Waals surface area contributed by atoms with Gasteiger partial charge in [0.25, 0.3) is 0 Å². The minimum absolute atomic E-state index is 0.00398. The zero-order chi connectivity index (χ0) is 20.0. The van der Waals surface area contributed by atoms with Crippen molar-refractivity contribution < 1.29 is 17.9 Å². The molecule has 1 amide bonds. The lowest BCUT2D eigenvalue weighted by molar-refractivity contribution is -0.116. The highest BCUT2D eigenvalue weighted by Crippen LogP contribution is 2.25. The molecular formula is C20H23ClN2O4S. The number of carbonyl (C=O) groups excluding carboxylic acids is 1.